The van der Waals surface area contributed by atoms with E-state index in [2.05, 4.69) is 4.98 Å². The molecule has 0 aliphatic heterocycles. The summed E-state index contributed by atoms with van der Waals surface area (Å²) in [4.78, 5) is 68.8. The predicted molar refractivity (Wildman–Crippen MR) is 165 cm³/mol. The van der Waals surface area contributed by atoms with Gasteiger partial charge in [0.25, 0.3) is 5.56 Å². The first kappa shape index (κ1) is 29.3. The highest BCUT2D eigenvalue weighted by Gasteiger charge is 2.63. The van der Waals surface area contributed by atoms with Gasteiger partial charge in [0.2, 0.25) is 10.9 Å². The number of aromatic amines is 1. The second kappa shape index (κ2) is 10.4. The lowest BCUT2D eigenvalue weighted by atomic mass is 9.78. The molecule has 12 heteroatoms. The topological polar surface area (TPSA) is 191 Å². The Morgan fingerprint density at radius 2 is 1.55 bits per heavy atom. The van der Waals surface area contributed by atoms with Crippen LogP contribution in [0.4, 0.5) is 0 Å². The van der Waals surface area contributed by atoms with Gasteiger partial charge in [0.1, 0.15) is 22.7 Å². The Morgan fingerprint density at radius 3 is 2.09 bits per heavy atom. The third kappa shape index (κ3) is 3.68. The van der Waals surface area contributed by atoms with Crippen molar-refractivity contribution in [2.45, 2.75) is 23.7 Å². The fourth-order valence-electron chi connectivity index (χ4n) is 6.59. The SMILES string of the molecule is CC=CC=Cc1cc2cc3c(c(O)c2c(=O)[nH]1)C1(C(O)=c2c(=O)c4c(=O)ccc(=O)c=4c(=O)c2=C1O)C(SCCO)C3OC. The maximum Gasteiger partial charge on any atom is 0.260 e. The number of fused-ring (bicyclic) bond motifs is 4. The van der Waals surface area contributed by atoms with Crippen LogP contribution in [0, 0.1) is 10.4 Å². The van der Waals surface area contributed by atoms with E-state index in [0.717, 1.165) is 23.9 Å². The molecule has 1 spiro atoms. The number of pyridine rings is 1. The number of rotatable bonds is 6. The Labute approximate surface area is 250 Å². The normalized spacial score (nSPS) is 18.9. The molecule has 2 aromatic rings. The molecule has 2 atom stereocenters. The minimum absolute atomic E-state index is 0.0454. The molecular weight excluding hydrogens is 590 g/mol. The average molecular weight is 616 g/mol. The summed E-state index contributed by atoms with van der Waals surface area (Å²) in [6, 6.07) is 4.87. The van der Waals surface area contributed by atoms with Gasteiger partial charge in [0.05, 0.1) is 44.2 Å². The molecule has 0 amide bonds. The van der Waals surface area contributed by atoms with Crippen LogP contribution >= 0.6 is 11.8 Å². The highest BCUT2D eigenvalue weighted by Crippen LogP contribution is 2.62. The highest BCUT2D eigenvalue weighted by molar-refractivity contribution is 8.00. The molecule has 0 fully saturated rings. The smallest absolute Gasteiger partial charge is 0.260 e. The maximum absolute atomic E-state index is 13.7. The van der Waals surface area contributed by atoms with E-state index in [0.29, 0.717) is 11.1 Å². The number of thioether (sulfide) groups is 1. The molecule has 0 bridgehead atoms. The Hall–Kier alpha value is -4.78. The second-order valence-electron chi connectivity index (χ2n) is 10.5. The first-order valence-corrected chi connectivity index (χ1v) is 14.6. The Morgan fingerprint density at radius 1 is 0.932 bits per heavy atom. The van der Waals surface area contributed by atoms with E-state index in [9.17, 15) is 44.4 Å². The van der Waals surface area contributed by atoms with E-state index in [1.165, 1.54) is 7.11 Å². The van der Waals surface area contributed by atoms with Gasteiger partial charge < -0.3 is 30.1 Å². The zero-order valence-electron chi connectivity index (χ0n) is 23.3. The lowest BCUT2D eigenvalue weighted by Gasteiger charge is -2.34. The third-order valence-electron chi connectivity index (χ3n) is 8.29. The van der Waals surface area contributed by atoms with E-state index in [-0.39, 0.29) is 28.9 Å². The van der Waals surface area contributed by atoms with Crippen LogP contribution in [0.15, 0.2) is 66.5 Å². The number of aromatic nitrogens is 1. The van der Waals surface area contributed by atoms with Crippen LogP contribution in [0.2, 0.25) is 0 Å². The zero-order chi connectivity index (χ0) is 31.7. The molecule has 1 aromatic carbocycles. The number of allylic oxidation sites excluding steroid dienone is 3. The second-order valence-corrected chi connectivity index (χ2v) is 11.7. The van der Waals surface area contributed by atoms with Crippen molar-refractivity contribution in [2.24, 2.45) is 0 Å². The van der Waals surface area contributed by atoms with E-state index < -0.39 is 82.2 Å². The van der Waals surface area contributed by atoms with E-state index in [1.54, 1.807) is 36.4 Å². The molecule has 44 heavy (non-hydrogen) atoms. The Balaban J connectivity index is 1.83. The Kier molecular flexibility index (Phi) is 6.95. The molecule has 224 valence electrons. The van der Waals surface area contributed by atoms with Crippen LogP contribution < -0.4 is 37.7 Å². The molecule has 1 aromatic heterocycles. The number of H-pyrrole nitrogens is 1. The summed E-state index contributed by atoms with van der Waals surface area (Å²) < 4.78 is 5.82. The first-order chi connectivity index (χ1) is 21.1. The number of methoxy groups -OCH3 is 1. The van der Waals surface area contributed by atoms with Crippen molar-refractivity contribution in [1.82, 2.24) is 4.98 Å². The van der Waals surface area contributed by atoms with Crippen molar-refractivity contribution in [3.8, 4) is 5.75 Å². The fraction of sp³-hybridized carbons (Fsp3) is 0.219. The van der Waals surface area contributed by atoms with Crippen LogP contribution in [0.25, 0.3) is 28.4 Å². The van der Waals surface area contributed by atoms with Crippen molar-refractivity contribution in [3.63, 3.8) is 0 Å². The van der Waals surface area contributed by atoms with Gasteiger partial charge in [-0.2, -0.15) is 11.8 Å². The van der Waals surface area contributed by atoms with Gasteiger partial charge in [-0.3, -0.25) is 24.0 Å². The van der Waals surface area contributed by atoms with Crippen LogP contribution in [0.5, 0.6) is 5.75 Å². The molecule has 0 radical (unpaired) electrons. The van der Waals surface area contributed by atoms with Crippen LogP contribution in [0.1, 0.15) is 29.8 Å². The number of hydrogen-bond donors (Lipinski definition) is 5. The molecule has 4 aliphatic carbocycles. The minimum atomic E-state index is -2.23. The van der Waals surface area contributed by atoms with Crippen molar-refractivity contribution < 1.29 is 25.2 Å². The molecule has 0 saturated carbocycles. The molecular formula is C32H25NO10S. The van der Waals surface area contributed by atoms with Gasteiger partial charge in [-0.15, -0.1) is 0 Å². The van der Waals surface area contributed by atoms with Crippen molar-refractivity contribution in [1.29, 1.82) is 0 Å². The number of benzene rings is 1. The van der Waals surface area contributed by atoms with E-state index in [4.69, 9.17) is 4.74 Å². The predicted octanol–water partition coefficient (Wildman–Crippen LogP) is -0.0566. The third-order valence-corrected chi connectivity index (χ3v) is 9.67. The van der Waals surface area contributed by atoms with Gasteiger partial charge in [-0.1, -0.05) is 18.2 Å². The van der Waals surface area contributed by atoms with E-state index >= 15 is 0 Å². The van der Waals surface area contributed by atoms with Gasteiger partial charge >= 0.3 is 0 Å². The quantitative estimate of drug-likeness (QED) is 0.183. The zero-order valence-corrected chi connectivity index (χ0v) is 24.2. The van der Waals surface area contributed by atoms with E-state index in [1.807, 2.05) is 6.92 Å². The summed E-state index contributed by atoms with van der Waals surface area (Å²) in [5.41, 5.74) is -6.54. The molecule has 2 unspecified atom stereocenters. The first-order valence-electron chi connectivity index (χ1n) is 13.5. The van der Waals surface area contributed by atoms with Gasteiger partial charge in [0, 0.05) is 24.1 Å². The number of aliphatic hydroxyl groups excluding tert-OH is 3. The molecule has 6 rings (SSSR count). The van der Waals surface area contributed by atoms with Gasteiger partial charge in [-0.05, 0) is 48.2 Å². The summed E-state index contributed by atoms with van der Waals surface area (Å²) in [7, 11) is 1.35. The van der Waals surface area contributed by atoms with Crippen LogP contribution in [-0.4, -0.2) is 50.1 Å². The maximum atomic E-state index is 13.7. The van der Waals surface area contributed by atoms with Crippen LogP contribution in [-0.2, 0) is 10.2 Å². The number of ether oxygens (including phenoxy) is 1. The van der Waals surface area contributed by atoms with Crippen molar-refractivity contribution in [2.75, 3.05) is 19.5 Å². The number of hydrogen-bond acceptors (Lipinski definition) is 11. The number of phenols is 1. The minimum Gasteiger partial charge on any atom is -0.510 e. The standard InChI is InChI=1S/C32H25NO10S/c1-3-4-5-6-14-11-13-12-15-23(26(39)18(13)31(42)33-14)32(30(27(15)43-2)44-10-9-34)28(40)21-22(29(32)41)25(38)20-17(36)8-7-16(35)19(20)24(21)37/h3-8,11-12,27,30,34,39-41H,9-10H2,1-2H3,(H,33,42). The lowest BCUT2D eigenvalue weighted by molar-refractivity contribution is 0.101. The Bertz CT molecular complexity index is 2350. The number of phenolic OH excluding ortho intramolecular Hbond substituents is 1. The van der Waals surface area contributed by atoms with Crippen molar-refractivity contribution in [3.05, 3.63) is 131 Å². The largest absolute Gasteiger partial charge is 0.510 e. The van der Waals surface area contributed by atoms with Crippen molar-refractivity contribution >= 4 is 40.1 Å². The molecule has 0 saturated heterocycles. The van der Waals surface area contributed by atoms with Gasteiger partial charge in [0.15, 0.2) is 10.9 Å². The molecule has 5 N–H and O–H groups in total. The summed E-state index contributed by atoms with van der Waals surface area (Å²) in [6.07, 6.45) is 5.90. The van der Waals surface area contributed by atoms with Gasteiger partial charge in [-0.25, -0.2) is 0 Å². The highest BCUT2D eigenvalue weighted by atomic mass is 32.2. The number of aliphatic hydroxyl groups is 3. The number of nitrogens with one attached hydrogen (secondary N) is 1. The summed E-state index contributed by atoms with van der Waals surface area (Å²) >= 11 is 1.03. The number of aromatic hydroxyl groups is 1. The lowest BCUT2D eigenvalue weighted by Crippen LogP contribution is -2.51. The summed E-state index contributed by atoms with van der Waals surface area (Å²) in [6.45, 7) is 1.49. The molecule has 4 aliphatic rings. The fourth-order valence-corrected chi connectivity index (χ4v) is 7.97. The average Bonchev–Trinajstić information content (AvgIpc) is 3.40. The van der Waals surface area contributed by atoms with Crippen LogP contribution in [0.3, 0.4) is 0 Å². The molecule has 1 heterocycles. The summed E-state index contributed by atoms with van der Waals surface area (Å²) in [5.74, 6) is -2.29. The summed E-state index contributed by atoms with van der Waals surface area (Å²) in [5, 5.41) is 41.6. The molecule has 11 nitrogen and oxygen atoms in total. The monoisotopic (exact) mass is 615 g/mol.